The number of H-pyrrole nitrogens is 1. The largest absolute Gasteiger partial charge is 0.460 e. The van der Waals surface area contributed by atoms with Gasteiger partial charge < -0.3 is 9.40 Å². The molecule has 25 heavy (non-hydrogen) atoms. The van der Waals surface area contributed by atoms with Gasteiger partial charge in [-0.15, -0.1) is 0 Å². The number of nitrogens with one attached hydrogen (secondary N) is 1. The quantitative estimate of drug-likeness (QED) is 0.618. The summed E-state index contributed by atoms with van der Waals surface area (Å²) in [6.07, 6.45) is 2.80. The molecule has 0 atom stereocenters. The second-order valence-electron chi connectivity index (χ2n) is 6.05. The third-order valence-corrected chi connectivity index (χ3v) is 5.25. The zero-order valence-electron chi connectivity index (χ0n) is 13.3. The van der Waals surface area contributed by atoms with E-state index < -0.39 is 0 Å². The van der Waals surface area contributed by atoms with Crippen LogP contribution < -0.4 is 0 Å². The zero-order valence-corrected chi connectivity index (χ0v) is 15.6. The van der Waals surface area contributed by atoms with E-state index in [1.165, 1.54) is 11.3 Å². The highest BCUT2D eigenvalue weighted by Gasteiger charge is 2.18. The van der Waals surface area contributed by atoms with Gasteiger partial charge in [-0.05, 0) is 42.5 Å². The first kappa shape index (κ1) is 16.8. The van der Waals surface area contributed by atoms with Gasteiger partial charge in [0.05, 0.1) is 16.6 Å². The highest BCUT2D eigenvalue weighted by Crippen LogP contribution is 2.30. The number of aromatic nitrogens is 2. The molecule has 0 amide bonds. The molecule has 0 aliphatic carbocycles. The molecule has 0 unspecified atom stereocenters. The maximum atomic E-state index is 6.09. The molecular formula is C18H15Cl2N3OS. The summed E-state index contributed by atoms with van der Waals surface area (Å²) >= 11 is 17.1. The van der Waals surface area contributed by atoms with E-state index >= 15 is 0 Å². The normalized spacial score (nSPS) is 14.5. The molecule has 0 fully saturated rings. The molecule has 2 aromatic heterocycles. The third-order valence-electron chi connectivity index (χ3n) is 4.30. The van der Waals surface area contributed by atoms with Crippen molar-refractivity contribution in [2.75, 3.05) is 6.54 Å². The lowest BCUT2D eigenvalue weighted by Crippen LogP contribution is -2.30. The van der Waals surface area contributed by atoms with E-state index in [2.05, 4.69) is 14.9 Å². The minimum absolute atomic E-state index is 0.523. The summed E-state index contributed by atoms with van der Waals surface area (Å²) < 4.78 is 6.54. The Balaban J connectivity index is 1.49. The molecular weight excluding hydrogens is 377 g/mol. The van der Waals surface area contributed by atoms with E-state index in [1.807, 2.05) is 30.5 Å². The summed E-state index contributed by atoms with van der Waals surface area (Å²) in [5.74, 6) is 1.71. The maximum absolute atomic E-state index is 6.09. The van der Waals surface area contributed by atoms with E-state index in [-0.39, 0.29) is 0 Å². The first-order chi connectivity index (χ1) is 12.1. The fraction of sp³-hybridized carbons (Fsp3) is 0.222. The highest BCUT2D eigenvalue weighted by molar-refractivity contribution is 7.71. The molecule has 0 saturated carbocycles. The minimum Gasteiger partial charge on any atom is -0.460 e. The van der Waals surface area contributed by atoms with Gasteiger partial charge in [0, 0.05) is 42.5 Å². The van der Waals surface area contributed by atoms with Crippen LogP contribution >= 0.6 is 35.4 Å². The molecule has 0 bridgehead atoms. The summed E-state index contributed by atoms with van der Waals surface area (Å²) in [5.41, 5.74) is 3.30. The monoisotopic (exact) mass is 391 g/mol. The molecule has 4 rings (SSSR count). The van der Waals surface area contributed by atoms with E-state index in [9.17, 15) is 0 Å². The molecule has 3 aromatic rings. The molecule has 1 aliphatic heterocycles. The van der Waals surface area contributed by atoms with Crippen molar-refractivity contribution in [1.29, 1.82) is 0 Å². The van der Waals surface area contributed by atoms with Gasteiger partial charge >= 0.3 is 0 Å². The Morgan fingerprint density at radius 3 is 2.92 bits per heavy atom. The number of hydrogen-bond acceptors (Lipinski definition) is 4. The van der Waals surface area contributed by atoms with Crippen LogP contribution in [-0.4, -0.2) is 21.4 Å². The molecule has 128 valence electrons. The van der Waals surface area contributed by atoms with E-state index in [1.54, 1.807) is 6.07 Å². The van der Waals surface area contributed by atoms with Crippen LogP contribution in [0.1, 0.15) is 17.0 Å². The molecule has 1 aromatic carbocycles. The van der Waals surface area contributed by atoms with Gasteiger partial charge in [0.2, 0.25) is 0 Å². The smallest absolute Gasteiger partial charge is 0.196 e. The summed E-state index contributed by atoms with van der Waals surface area (Å²) in [7, 11) is 0. The SMILES string of the molecule is S=c1ncc2c([nH]1)CCN(Cc1ccc(-c3ccc(Cl)c(Cl)c3)o1)C2. The molecule has 7 heteroatoms. The Morgan fingerprint density at radius 2 is 2.08 bits per heavy atom. The summed E-state index contributed by atoms with van der Waals surface area (Å²) in [6.45, 7) is 2.53. The van der Waals surface area contributed by atoms with Gasteiger partial charge in [-0.25, -0.2) is 4.98 Å². The van der Waals surface area contributed by atoms with Gasteiger partial charge in [0.15, 0.2) is 4.77 Å². The number of fused-ring (bicyclic) bond motifs is 1. The number of benzene rings is 1. The maximum Gasteiger partial charge on any atom is 0.196 e. The third kappa shape index (κ3) is 3.65. The van der Waals surface area contributed by atoms with Crippen LogP contribution in [0, 0.1) is 4.77 Å². The van der Waals surface area contributed by atoms with Crippen molar-refractivity contribution in [1.82, 2.24) is 14.9 Å². The number of aromatic amines is 1. The summed E-state index contributed by atoms with van der Waals surface area (Å²) in [4.78, 5) is 9.69. The number of furan rings is 1. The summed E-state index contributed by atoms with van der Waals surface area (Å²) in [6, 6.07) is 9.47. The molecule has 0 saturated heterocycles. The van der Waals surface area contributed by atoms with Crippen LogP contribution in [0.4, 0.5) is 0 Å². The molecule has 4 nitrogen and oxygen atoms in total. The Hall–Kier alpha value is -1.66. The lowest BCUT2D eigenvalue weighted by atomic mass is 10.1. The van der Waals surface area contributed by atoms with Crippen molar-refractivity contribution < 1.29 is 4.42 Å². The molecule has 0 radical (unpaired) electrons. The first-order valence-electron chi connectivity index (χ1n) is 7.92. The van der Waals surface area contributed by atoms with Crippen LogP contribution in [-0.2, 0) is 19.5 Å². The van der Waals surface area contributed by atoms with Crippen molar-refractivity contribution >= 4 is 35.4 Å². The standard InChI is InChI=1S/C18H15Cl2N3OS/c19-14-3-1-11(7-15(14)20)17-4-2-13(24-17)10-23-6-5-16-12(9-23)8-21-18(25)22-16/h1-4,7-8H,5-6,9-10H2,(H,21,22,25). The Morgan fingerprint density at radius 1 is 1.20 bits per heavy atom. The van der Waals surface area contributed by atoms with Crippen LogP contribution in [0.2, 0.25) is 10.0 Å². The van der Waals surface area contributed by atoms with Gasteiger partial charge in [-0.3, -0.25) is 4.90 Å². The van der Waals surface area contributed by atoms with Crippen LogP contribution in [0.3, 0.4) is 0 Å². The number of rotatable bonds is 3. The second kappa shape index (κ2) is 6.92. The predicted octanol–water partition coefficient (Wildman–Crippen LogP) is 5.26. The van der Waals surface area contributed by atoms with E-state index in [4.69, 9.17) is 39.8 Å². The van der Waals surface area contributed by atoms with E-state index in [0.29, 0.717) is 14.8 Å². The Labute approximate surface area is 160 Å². The minimum atomic E-state index is 0.523. The van der Waals surface area contributed by atoms with Gasteiger partial charge in [-0.1, -0.05) is 23.2 Å². The van der Waals surface area contributed by atoms with Crippen molar-refractivity contribution in [3.05, 3.63) is 68.4 Å². The van der Waals surface area contributed by atoms with Crippen molar-refractivity contribution in [2.45, 2.75) is 19.5 Å². The Kier molecular flexibility index (Phi) is 4.65. The average molecular weight is 392 g/mol. The number of nitrogens with zero attached hydrogens (tertiary/aromatic N) is 2. The predicted molar refractivity (Wildman–Crippen MR) is 101 cm³/mol. The van der Waals surface area contributed by atoms with Crippen LogP contribution in [0.5, 0.6) is 0 Å². The molecule has 1 N–H and O–H groups in total. The topological polar surface area (TPSA) is 45.1 Å². The lowest BCUT2D eigenvalue weighted by molar-refractivity contribution is 0.224. The van der Waals surface area contributed by atoms with Gasteiger partial charge in [0.25, 0.3) is 0 Å². The van der Waals surface area contributed by atoms with Crippen molar-refractivity contribution in [3.63, 3.8) is 0 Å². The molecule has 1 aliphatic rings. The Bertz CT molecular complexity index is 982. The first-order valence-corrected chi connectivity index (χ1v) is 9.08. The van der Waals surface area contributed by atoms with Crippen LogP contribution in [0.15, 0.2) is 40.9 Å². The highest BCUT2D eigenvalue weighted by atomic mass is 35.5. The van der Waals surface area contributed by atoms with Gasteiger partial charge in [-0.2, -0.15) is 0 Å². The number of halogens is 2. The molecule has 0 spiro atoms. The lowest BCUT2D eigenvalue weighted by Gasteiger charge is -2.27. The van der Waals surface area contributed by atoms with E-state index in [0.717, 1.165) is 43.1 Å². The zero-order chi connectivity index (χ0) is 17.4. The number of hydrogen-bond donors (Lipinski definition) is 1. The fourth-order valence-electron chi connectivity index (χ4n) is 3.03. The van der Waals surface area contributed by atoms with Crippen molar-refractivity contribution in [2.24, 2.45) is 0 Å². The van der Waals surface area contributed by atoms with Crippen molar-refractivity contribution in [3.8, 4) is 11.3 Å². The second-order valence-corrected chi connectivity index (χ2v) is 7.25. The fourth-order valence-corrected chi connectivity index (χ4v) is 3.50. The summed E-state index contributed by atoms with van der Waals surface area (Å²) in [5, 5.41) is 1.06. The average Bonchev–Trinajstić information content (AvgIpc) is 3.06. The van der Waals surface area contributed by atoms with Crippen LogP contribution in [0.25, 0.3) is 11.3 Å². The molecule has 3 heterocycles. The van der Waals surface area contributed by atoms with Gasteiger partial charge in [0.1, 0.15) is 11.5 Å².